The summed E-state index contributed by atoms with van der Waals surface area (Å²) in [4.78, 5) is 13.1. The first-order valence-corrected chi connectivity index (χ1v) is 6.75. The number of carboxylic acids is 1. The molecule has 6 heteroatoms. The summed E-state index contributed by atoms with van der Waals surface area (Å²) in [6.45, 7) is 3.30. The van der Waals surface area contributed by atoms with Gasteiger partial charge in [0.25, 0.3) is 0 Å². The number of hydrogen-bond donors (Lipinski definition) is 2. The number of nitrogen functional groups attached to an aromatic ring is 1. The number of piperidine rings is 1. The molecule has 1 heterocycles. The number of likely N-dealkylation sites (tertiary alicyclic amines) is 1. The minimum atomic E-state index is -1.34. The fourth-order valence-electron chi connectivity index (χ4n) is 2.33. The molecule has 0 spiro atoms. The van der Waals surface area contributed by atoms with Crippen LogP contribution in [0.2, 0.25) is 0 Å². The Labute approximate surface area is 117 Å². The summed E-state index contributed by atoms with van der Waals surface area (Å²) < 4.78 is 19.0. The fraction of sp³-hybridized carbons (Fsp3) is 0.500. The van der Waals surface area contributed by atoms with Crippen molar-refractivity contribution in [1.82, 2.24) is 4.90 Å². The summed E-state index contributed by atoms with van der Waals surface area (Å²) in [5, 5.41) is 8.78. The normalized spacial score (nSPS) is 16.1. The van der Waals surface area contributed by atoms with Gasteiger partial charge < -0.3 is 15.6 Å². The van der Waals surface area contributed by atoms with Crippen LogP contribution < -0.4 is 10.5 Å². The number of benzene rings is 1. The molecule has 1 aromatic carbocycles. The van der Waals surface area contributed by atoms with E-state index in [0.717, 1.165) is 31.8 Å². The highest BCUT2D eigenvalue weighted by molar-refractivity contribution is 5.89. The van der Waals surface area contributed by atoms with E-state index in [1.54, 1.807) is 0 Å². The third-order valence-electron chi connectivity index (χ3n) is 3.44. The highest BCUT2D eigenvalue weighted by atomic mass is 19.1. The molecule has 0 saturated carbocycles. The van der Waals surface area contributed by atoms with Crippen molar-refractivity contribution in [2.24, 2.45) is 0 Å². The Kier molecular flexibility index (Phi) is 4.79. The SMILES string of the molecule is Nc1cc(C(=O)O)c(F)cc1OCCN1CCCCC1. The molecule has 0 aliphatic carbocycles. The van der Waals surface area contributed by atoms with E-state index in [-0.39, 0.29) is 11.4 Å². The van der Waals surface area contributed by atoms with Gasteiger partial charge in [0, 0.05) is 12.6 Å². The van der Waals surface area contributed by atoms with Crippen LogP contribution in [-0.2, 0) is 0 Å². The minimum absolute atomic E-state index is 0.141. The van der Waals surface area contributed by atoms with Gasteiger partial charge in [0.1, 0.15) is 18.2 Å². The Hall–Kier alpha value is -1.82. The number of hydrogen-bond acceptors (Lipinski definition) is 4. The second-order valence-corrected chi connectivity index (χ2v) is 4.93. The molecule has 0 unspecified atom stereocenters. The number of nitrogens with zero attached hydrogens (tertiary/aromatic N) is 1. The summed E-state index contributed by atoms with van der Waals surface area (Å²) in [6.07, 6.45) is 3.67. The lowest BCUT2D eigenvalue weighted by Crippen LogP contribution is -2.33. The van der Waals surface area contributed by atoms with Crippen LogP contribution in [0.15, 0.2) is 12.1 Å². The van der Waals surface area contributed by atoms with Crippen LogP contribution in [0.1, 0.15) is 29.6 Å². The lowest BCUT2D eigenvalue weighted by atomic mass is 10.1. The van der Waals surface area contributed by atoms with E-state index in [2.05, 4.69) is 4.90 Å². The highest BCUT2D eigenvalue weighted by Gasteiger charge is 2.15. The quantitative estimate of drug-likeness (QED) is 0.808. The van der Waals surface area contributed by atoms with Gasteiger partial charge in [0.05, 0.1) is 11.3 Å². The van der Waals surface area contributed by atoms with Gasteiger partial charge in [-0.15, -0.1) is 0 Å². The molecule has 1 saturated heterocycles. The molecular formula is C14H19FN2O3. The molecule has 110 valence electrons. The van der Waals surface area contributed by atoms with E-state index in [1.807, 2.05) is 0 Å². The highest BCUT2D eigenvalue weighted by Crippen LogP contribution is 2.25. The Morgan fingerprint density at radius 3 is 2.70 bits per heavy atom. The smallest absolute Gasteiger partial charge is 0.338 e. The van der Waals surface area contributed by atoms with E-state index in [0.29, 0.717) is 6.61 Å². The van der Waals surface area contributed by atoms with Crippen molar-refractivity contribution in [3.63, 3.8) is 0 Å². The van der Waals surface area contributed by atoms with Gasteiger partial charge in [0.2, 0.25) is 0 Å². The third kappa shape index (κ3) is 3.60. The predicted octanol–water partition coefficient (Wildman–Crippen LogP) is 1.97. The van der Waals surface area contributed by atoms with Crippen molar-refractivity contribution in [3.05, 3.63) is 23.5 Å². The standard InChI is InChI=1S/C14H19FN2O3/c15-11-9-13(12(16)8-10(11)14(18)19)20-7-6-17-4-2-1-3-5-17/h8-9H,1-7,16H2,(H,18,19). The molecule has 1 aliphatic rings. The summed E-state index contributed by atoms with van der Waals surface area (Å²) >= 11 is 0. The molecule has 3 N–H and O–H groups in total. The van der Waals surface area contributed by atoms with Crippen molar-refractivity contribution in [2.75, 3.05) is 32.0 Å². The Morgan fingerprint density at radius 2 is 2.05 bits per heavy atom. The topological polar surface area (TPSA) is 75.8 Å². The fourth-order valence-corrected chi connectivity index (χ4v) is 2.33. The molecule has 2 rings (SSSR count). The molecule has 0 amide bonds. The second kappa shape index (κ2) is 6.56. The summed E-state index contributed by atoms with van der Waals surface area (Å²) in [6, 6.07) is 2.13. The first-order valence-electron chi connectivity index (χ1n) is 6.75. The Balaban J connectivity index is 1.92. The van der Waals surface area contributed by atoms with E-state index in [4.69, 9.17) is 15.6 Å². The Bertz CT molecular complexity index is 488. The summed E-state index contributed by atoms with van der Waals surface area (Å²) in [7, 11) is 0. The van der Waals surface area contributed by atoms with Crippen molar-refractivity contribution in [2.45, 2.75) is 19.3 Å². The van der Waals surface area contributed by atoms with Crippen LogP contribution in [0.5, 0.6) is 5.75 Å². The van der Waals surface area contributed by atoms with Crippen LogP contribution in [0.25, 0.3) is 0 Å². The van der Waals surface area contributed by atoms with Crippen molar-refractivity contribution >= 4 is 11.7 Å². The number of carbonyl (C=O) groups is 1. The zero-order valence-corrected chi connectivity index (χ0v) is 11.3. The van der Waals surface area contributed by atoms with E-state index < -0.39 is 17.3 Å². The van der Waals surface area contributed by atoms with Crippen LogP contribution >= 0.6 is 0 Å². The number of ether oxygens (including phenoxy) is 1. The zero-order valence-electron chi connectivity index (χ0n) is 11.3. The number of rotatable bonds is 5. The number of aromatic carboxylic acids is 1. The van der Waals surface area contributed by atoms with Crippen molar-refractivity contribution in [3.8, 4) is 5.75 Å². The van der Waals surface area contributed by atoms with Crippen LogP contribution in [0.3, 0.4) is 0 Å². The monoisotopic (exact) mass is 282 g/mol. The molecule has 0 bridgehead atoms. The lowest BCUT2D eigenvalue weighted by Gasteiger charge is -2.26. The number of halogens is 1. The third-order valence-corrected chi connectivity index (χ3v) is 3.44. The van der Waals surface area contributed by atoms with Crippen LogP contribution in [0.4, 0.5) is 10.1 Å². The zero-order chi connectivity index (χ0) is 14.5. The maximum atomic E-state index is 13.5. The number of anilines is 1. The van der Waals surface area contributed by atoms with Gasteiger partial charge in [0.15, 0.2) is 0 Å². The van der Waals surface area contributed by atoms with Gasteiger partial charge in [-0.3, -0.25) is 4.90 Å². The van der Waals surface area contributed by atoms with E-state index in [1.165, 1.54) is 19.3 Å². The van der Waals surface area contributed by atoms with Crippen molar-refractivity contribution < 1.29 is 19.0 Å². The molecule has 1 fully saturated rings. The van der Waals surface area contributed by atoms with E-state index >= 15 is 0 Å². The average Bonchev–Trinajstić information content (AvgIpc) is 2.43. The molecule has 0 atom stereocenters. The average molecular weight is 282 g/mol. The Morgan fingerprint density at radius 1 is 1.35 bits per heavy atom. The first kappa shape index (κ1) is 14.6. The summed E-state index contributed by atoms with van der Waals surface area (Å²) in [5.74, 6) is -1.97. The molecule has 1 aromatic rings. The maximum absolute atomic E-state index is 13.5. The molecular weight excluding hydrogens is 263 g/mol. The van der Waals surface area contributed by atoms with Gasteiger partial charge in [-0.1, -0.05) is 6.42 Å². The number of carboxylic acid groups (broad SMARTS) is 1. The molecule has 5 nitrogen and oxygen atoms in total. The van der Waals surface area contributed by atoms with Gasteiger partial charge >= 0.3 is 5.97 Å². The first-order chi connectivity index (χ1) is 9.58. The lowest BCUT2D eigenvalue weighted by molar-refractivity contribution is 0.0692. The summed E-state index contributed by atoms with van der Waals surface area (Å²) in [5.41, 5.74) is 5.38. The second-order valence-electron chi connectivity index (χ2n) is 4.93. The minimum Gasteiger partial charge on any atom is -0.490 e. The molecule has 20 heavy (non-hydrogen) atoms. The molecule has 0 radical (unpaired) electrons. The van der Waals surface area contributed by atoms with Gasteiger partial charge in [-0.25, -0.2) is 9.18 Å². The van der Waals surface area contributed by atoms with Gasteiger partial charge in [-0.05, 0) is 32.0 Å². The molecule has 0 aromatic heterocycles. The number of nitrogens with two attached hydrogens (primary N) is 1. The van der Waals surface area contributed by atoms with Crippen molar-refractivity contribution in [1.29, 1.82) is 0 Å². The predicted molar refractivity (Wildman–Crippen MR) is 73.6 cm³/mol. The van der Waals surface area contributed by atoms with Crippen LogP contribution in [0, 0.1) is 5.82 Å². The largest absolute Gasteiger partial charge is 0.490 e. The maximum Gasteiger partial charge on any atom is 0.338 e. The van der Waals surface area contributed by atoms with E-state index in [9.17, 15) is 9.18 Å². The van der Waals surface area contributed by atoms with Crippen LogP contribution in [-0.4, -0.2) is 42.2 Å². The van der Waals surface area contributed by atoms with Gasteiger partial charge in [-0.2, -0.15) is 0 Å². The molecule has 1 aliphatic heterocycles.